The van der Waals surface area contributed by atoms with Crippen LogP contribution in [0.5, 0.6) is 0 Å². The minimum atomic E-state index is -6.57. The first-order chi connectivity index (χ1) is 8.88. The number of hydrogen-bond donors (Lipinski definition) is 0. The molecule has 0 heterocycles. The summed E-state index contributed by atoms with van der Waals surface area (Å²) in [5.41, 5.74) is 0. The normalized spacial score (nSPS) is 13.4. The molecule has 0 rings (SSSR count). The first-order valence-corrected chi connectivity index (χ1v) is 5.75. The molecule has 0 aliphatic rings. The first-order valence-electron chi connectivity index (χ1n) is 5.75. The van der Waals surface area contributed by atoms with Gasteiger partial charge >= 0.3 is 18.0 Å². The molecule has 0 spiro atoms. The average Bonchev–Trinajstić information content (AvgIpc) is 2.27. The molecular weight excluding hydrogens is 297 g/mol. The molecular formula is C11H13F7O2. The van der Waals surface area contributed by atoms with Crippen LogP contribution < -0.4 is 0 Å². The number of hydrogen-bond acceptors (Lipinski definition) is 2. The van der Waals surface area contributed by atoms with Crippen LogP contribution in [0.1, 0.15) is 39.0 Å². The zero-order chi connectivity index (χ0) is 16.2. The molecule has 0 aromatic rings. The lowest BCUT2D eigenvalue weighted by Crippen LogP contribution is -2.56. The van der Waals surface area contributed by atoms with Crippen molar-refractivity contribution in [2.45, 2.75) is 57.0 Å². The Kier molecular flexibility index (Phi) is 6.16. The maximum Gasteiger partial charge on any atom is 0.460 e. The Labute approximate surface area is 110 Å². The van der Waals surface area contributed by atoms with E-state index >= 15 is 0 Å². The van der Waals surface area contributed by atoms with E-state index in [1.54, 1.807) is 6.92 Å². The van der Waals surface area contributed by atoms with Crippen molar-refractivity contribution in [3.05, 3.63) is 0 Å². The van der Waals surface area contributed by atoms with Crippen LogP contribution >= 0.6 is 0 Å². The monoisotopic (exact) mass is 310 g/mol. The lowest BCUT2D eigenvalue weighted by molar-refractivity contribution is -0.343. The number of alkyl halides is 7. The molecule has 0 amide bonds. The quantitative estimate of drug-likeness (QED) is 0.387. The van der Waals surface area contributed by atoms with E-state index in [-0.39, 0.29) is 12.8 Å². The molecule has 0 atom stereocenters. The van der Waals surface area contributed by atoms with Crippen LogP contribution in [0.3, 0.4) is 0 Å². The Morgan fingerprint density at radius 2 is 1.40 bits per heavy atom. The molecule has 0 fully saturated rings. The fourth-order valence-corrected chi connectivity index (χ4v) is 1.30. The van der Waals surface area contributed by atoms with Crippen LogP contribution in [0, 0.1) is 0 Å². The van der Waals surface area contributed by atoms with Crippen molar-refractivity contribution in [2.24, 2.45) is 0 Å². The number of unbranched alkanes of at least 4 members (excludes halogenated alkanes) is 2. The summed E-state index contributed by atoms with van der Waals surface area (Å²) >= 11 is 0. The number of halogens is 7. The molecule has 0 saturated heterocycles. The topological polar surface area (TPSA) is 34.1 Å². The highest BCUT2D eigenvalue weighted by Gasteiger charge is 2.75. The van der Waals surface area contributed by atoms with E-state index in [9.17, 15) is 40.3 Å². The lowest BCUT2D eigenvalue weighted by Gasteiger charge is -2.26. The van der Waals surface area contributed by atoms with E-state index in [1.807, 2.05) is 0 Å². The Morgan fingerprint density at radius 3 is 1.80 bits per heavy atom. The van der Waals surface area contributed by atoms with Gasteiger partial charge in [0.05, 0.1) is 6.42 Å². The van der Waals surface area contributed by atoms with Crippen molar-refractivity contribution in [1.82, 2.24) is 0 Å². The minimum absolute atomic E-state index is 0.254. The molecule has 0 aliphatic carbocycles. The van der Waals surface area contributed by atoms with E-state index in [2.05, 4.69) is 0 Å². The smallest absolute Gasteiger partial charge is 0.299 e. The third-order valence-electron chi connectivity index (χ3n) is 2.52. The second-order valence-corrected chi connectivity index (χ2v) is 4.24. The SMILES string of the molecule is CCCCCC(=O)CC(=O)C(F)(F)C(F)(F)C(F)(F)F. The molecule has 0 unspecified atom stereocenters. The highest BCUT2D eigenvalue weighted by atomic mass is 19.4. The van der Waals surface area contributed by atoms with Crippen molar-refractivity contribution in [1.29, 1.82) is 0 Å². The number of rotatable bonds is 8. The molecule has 0 aliphatic heterocycles. The molecule has 0 aromatic carbocycles. The maximum atomic E-state index is 12.9. The van der Waals surface area contributed by atoms with Gasteiger partial charge in [0.25, 0.3) is 0 Å². The second-order valence-electron chi connectivity index (χ2n) is 4.24. The van der Waals surface area contributed by atoms with Gasteiger partial charge in [-0.3, -0.25) is 9.59 Å². The van der Waals surface area contributed by atoms with Crippen molar-refractivity contribution in [2.75, 3.05) is 0 Å². The van der Waals surface area contributed by atoms with Crippen LogP contribution in [0.25, 0.3) is 0 Å². The second kappa shape index (κ2) is 6.53. The van der Waals surface area contributed by atoms with E-state index in [1.165, 1.54) is 0 Å². The van der Waals surface area contributed by atoms with Gasteiger partial charge < -0.3 is 0 Å². The van der Waals surface area contributed by atoms with Gasteiger partial charge in [-0.1, -0.05) is 19.8 Å². The van der Waals surface area contributed by atoms with Gasteiger partial charge in [0.2, 0.25) is 5.78 Å². The van der Waals surface area contributed by atoms with Crippen LogP contribution in [0.15, 0.2) is 0 Å². The summed E-state index contributed by atoms with van der Waals surface area (Å²) in [7, 11) is 0. The Balaban J connectivity index is 4.79. The molecule has 9 heteroatoms. The minimum Gasteiger partial charge on any atom is -0.299 e. The van der Waals surface area contributed by atoms with Crippen molar-refractivity contribution >= 4 is 11.6 Å². The summed E-state index contributed by atoms with van der Waals surface area (Å²) in [4.78, 5) is 21.9. The van der Waals surface area contributed by atoms with Crippen LogP contribution in [0.4, 0.5) is 30.7 Å². The number of carbonyl (C=O) groups excluding carboxylic acids is 2. The Hall–Kier alpha value is -1.15. The molecule has 0 saturated carbocycles. The Morgan fingerprint density at radius 1 is 0.900 bits per heavy atom. The summed E-state index contributed by atoms with van der Waals surface area (Å²) in [6.07, 6.45) is -7.03. The number of ketones is 2. The summed E-state index contributed by atoms with van der Waals surface area (Å²) in [6, 6.07) is 0. The first kappa shape index (κ1) is 18.9. The van der Waals surface area contributed by atoms with Crippen LogP contribution in [0.2, 0.25) is 0 Å². The molecule has 2 nitrogen and oxygen atoms in total. The standard InChI is InChI=1S/C11H13F7O2/c1-2-3-4-5-7(19)6-8(20)9(12,13)10(14,15)11(16,17)18/h2-6H2,1H3. The predicted octanol–water partition coefficient (Wildman–Crippen LogP) is 3.93. The molecule has 20 heavy (non-hydrogen) atoms. The largest absolute Gasteiger partial charge is 0.460 e. The highest BCUT2D eigenvalue weighted by Crippen LogP contribution is 2.47. The lowest BCUT2D eigenvalue weighted by atomic mass is 10.00. The fourth-order valence-electron chi connectivity index (χ4n) is 1.30. The molecule has 0 bridgehead atoms. The molecule has 0 radical (unpaired) electrons. The zero-order valence-corrected chi connectivity index (χ0v) is 10.5. The summed E-state index contributed by atoms with van der Waals surface area (Å²) in [5.74, 6) is -16.3. The summed E-state index contributed by atoms with van der Waals surface area (Å²) in [6.45, 7) is 1.77. The summed E-state index contributed by atoms with van der Waals surface area (Å²) in [5, 5.41) is 0. The van der Waals surface area contributed by atoms with E-state index in [0.717, 1.165) is 0 Å². The van der Waals surface area contributed by atoms with Crippen molar-refractivity contribution in [3.8, 4) is 0 Å². The number of Topliss-reactive ketones (excluding diaryl/α,β-unsaturated/α-hetero) is 2. The van der Waals surface area contributed by atoms with Crippen LogP contribution in [-0.4, -0.2) is 29.6 Å². The molecule has 0 aromatic heterocycles. The van der Waals surface area contributed by atoms with Gasteiger partial charge in [-0.2, -0.15) is 30.7 Å². The van der Waals surface area contributed by atoms with E-state index in [0.29, 0.717) is 12.8 Å². The average molecular weight is 310 g/mol. The van der Waals surface area contributed by atoms with Gasteiger partial charge in [-0.15, -0.1) is 0 Å². The third-order valence-corrected chi connectivity index (χ3v) is 2.52. The molecule has 118 valence electrons. The maximum absolute atomic E-state index is 12.9. The van der Waals surface area contributed by atoms with Gasteiger partial charge in [0.1, 0.15) is 5.78 Å². The van der Waals surface area contributed by atoms with Crippen LogP contribution in [-0.2, 0) is 9.59 Å². The third kappa shape index (κ3) is 4.17. The Bertz CT molecular complexity index is 360. The van der Waals surface area contributed by atoms with Gasteiger partial charge in [0, 0.05) is 6.42 Å². The number of carbonyl (C=O) groups is 2. The zero-order valence-electron chi connectivity index (χ0n) is 10.5. The van der Waals surface area contributed by atoms with E-state index < -0.39 is 36.0 Å². The van der Waals surface area contributed by atoms with Gasteiger partial charge in [-0.05, 0) is 6.42 Å². The molecule has 0 N–H and O–H groups in total. The van der Waals surface area contributed by atoms with Gasteiger partial charge in [-0.25, -0.2) is 0 Å². The summed E-state index contributed by atoms with van der Waals surface area (Å²) < 4.78 is 86.2. The van der Waals surface area contributed by atoms with E-state index in [4.69, 9.17) is 0 Å². The van der Waals surface area contributed by atoms with Crippen molar-refractivity contribution in [3.63, 3.8) is 0 Å². The van der Waals surface area contributed by atoms with Gasteiger partial charge in [0.15, 0.2) is 0 Å². The fraction of sp³-hybridized carbons (Fsp3) is 0.818. The highest BCUT2D eigenvalue weighted by molar-refractivity contribution is 6.02. The predicted molar refractivity (Wildman–Crippen MR) is 54.7 cm³/mol. The van der Waals surface area contributed by atoms with Crippen molar-refractivity contribution < 1.29 is 40.3 Å².